The van der Waals surface area contributed by atoms with Crippen LogP contribution in [0.5, 0.6) is 0 Å². The van der Waals surface area contributed by atoms with Gasteiger partial charge >= 0.3 is 0 Å². The molecule has 2 aromatic rings. The van der Waals surface area contributed by atoms with Crippen LogP contribution in [0.2, 0.25) is 0 Å². The van der Waals surface area contributed by atoms with E-state index < -0.39 is 0 Å². The van der Waals surface area contributed by atoms with Gasteiger partial charge < -0.3 is 9.32 Å². The van der Waals surface area contributed by atoms with Crippen molar-refractivity contribution in [3.05, 3.63) is 36.0 Å². The first-order chi connectivity index (χ1) is 13.1. The van der Waals surface area contributed by atoms with Crippen LogP contribution in [0.25, 0.3) is 11.5 Å². The smallest absolute Gasteiger partial charge is 0.247 e. The van der Waals surface area contributed by atoms with Crippen molar-refractivity contribution >= 4 is 5.91 Å². The van der Waals surface area contributed by atoms with E-state index in [0.717, 1.165) is 51.9 Å². The molecule has 27 heavy (non-hydrogen) atoms. The minimum absolute atomic E-state index is 0.251. The van der Waals surface area contributed by atoms with Gasteiger partial charge in [0.15, 0.2) is 0 Å². The lowest BCUT2D eigenvalue weighted by Crippen LogP contribution is -2.50. The molecule has 0 N–H and O–H groups in total. The molecule has 2 aliphatic heterocycles. The molecule has 4 rings (SSSR count). The fraction of sp³-hybridized carbons (Fsp3) is 0.550. The minimum Gasteiger partial charge on any atom is -0.419 e. The van der Waals surface area contributed by atoms with Crippen LogP contribution in [0.4, 0.5) is 4.39 Å². The maximum atomic E-state index is 13.4. The van der Waals surface area contributed by atoms with Crippen molar-refractivity contribution in [3.63, 3.8) is 0 Å². The number of nitrogens with zero attached hydrogens (tertiary/aromatic N) is 4. The van der Waals surface area contributed by atoms with Gasteiger partial charge in [0.25, 0.3) is 0 Å². The lowest BCUT2D eigenvalue weighted by molar-refractivity contribution is -0.145. The fourth-order valence-electron chi connectivity index (χ4n) is 4.35. The van der Waals surface area contributed by atoms with E-state index in [2.05, 4.69) is 22.0 Å². The lowest BCUT2D eigenvalue weighted by Gasteiger charge is -2.39. The molecule has 2 aliphatic rings. The first kappa shape index (κ1) is 18.1. The van der Waals surface area contributed by atoms with Crippen LogP contribution in [0.3, 0.4) is 0 Å². The number of hydrogen-bond acceptors (Lipinski definition) is 5. The number of hydrogen-bond donors (Lipinski definition) is 0. The second-order valence-electron chi connectivity index (χ2n) is 7.65. The van der Waals surface area contributed by atoms with Crippen LogP contribution < -0.4 is 0 Å². The Balaban J connectivity index is 1.42. The summed E-state index contributed by atoms with van der Waals surface area (Å²) in [6.45, 7) is 5.95. The molecular weight excluding hydrogens is 347 g/mol. The van der Waals surface area contributed by atoms with E-state index in [4.69, 9.17) is 4.42 Å². The van der Waals surface area contributed by atoms with Gasteiger partial charge in [-0.05, 0) is 50.4 Å². The molecule has 0 saturated carbocycles. The molecule has 1 spiro atoms. The number of amides is 1. The zero-order chi connectivity index (χ0) is 18.9. The van der Waals surface area contributed by atoms with E-state index in [-0.39, 0.29) is 11.2 Å². The first-order valence-electron chi connectivity index (χ1n) is 9.70. The molecular formula is C20H25FN4O2. The summed E-state index contributed by atoms with van der Waals surface area (Å²) in [5.41, 5.74) is 0.322. The predicted molar refractivity (Wildman–Crippen MR) is 98.1 cm³/mol. The molecule has 0 unspecified atom stereocenters. The number of rotatable bonds is 5. The normalized spacial score (nSPS) is 23.5. The molecule has 2 saturated heterocycles. The van der Waals surface area contributed by atoms with Gasteiger partial charge in [-0.1, -0.05) is 13.0 Å². The first-order valence-corrected chi connectivity index (χ1v) is 9.70. The van der Waals surface area contributed by atoms with Gasteiger partial charge in [0.05, 0.1) is 12.0 Å². The molecule has 7 heteroatoms. The summed E-state index contributed by atoms with van der Waals surface area (Å²) in [6, 6.07) is 6.13. The second kappa shape index (κ2) is 7.38. The molecule has 144 valence electrons. The number of benzene rings is 1. The lowest BCUT2D eigenvalue weighted by atomic mass is 9.78. The molecule has 0 aliphatic carbocycles. The molecule has 2 fully saturated rings. The van der Waals surface area contributed by atoms with Crippen LogP contribution in [0.1, 0.15) is 38.5 Å². The van der Waals surface area contributed by atoms with Crippen LogP contribution >= 0.6 is 0 Å². The van der Waals surface area contributed by atoms with Crippen molar-refractivity contribution in [1.29, 1.82) is 0 Å². The van der Waals surface area contributed by atoms with Gasteiger partial charge in [-0.15, -0.1) is 10.2 Å². The SMILES string of the molecule is CCCN1CCC[C@@]2(CCN(Cc3nnc(-c4cccc(F)c4)o3)C2)C1=O. The number of aromatic nitrogens is 2. The Morgan fingerprint density at radius 1 is 1.26 bits per heavy atom. The molecule has 1 atom stereocenters. The zero-order valence-electron chi connectivity index (χ0n) is 15.7. The van der Waals surface area contributed by atoms with Gasteiger partial charge in [0.2, 0.25) is 17.7 Å². The Morgan fingerprint density at radius 2 is 2.15 bits per heavy atom. The summed E-state index contributed by atoms with van der Waals surface area (Å²) in [5.74, 6) is 0.798. The van der Waals surface area contributed by atoms with Crippen molar-refractivity contribution in [1.82, 2.24) is 20.0 Å². The number of carbonyl (C=O) groups is 1. The quantitative estimate of drug-likeness (QED) is 0.807. The summed E-state index contributed by atoms with van der Waals surface area (Å²) in [7, 11) is 0. The van der Waals surface area contributed by atoms with E-state index in [1.54, 1.807) is 12.1 Å². The van der Waals surface area contributed by atoms with Gasteiger partial charge in [-0.3, -0.25) is 9.69 Å². The third-order valence-electron chi connectivity index (χ3n) is 5.65. The van der Waals surface area contributed by atoms with Crippen molar-refractivity contribution in [2.24, 2.45) is 5.41 Å². The summed E-state index contributed by atoms with van der Waals surface area (Å²) < 4.78 is 19.1. The Hall–Kier alpha value is -2.28. The van der Waals surface area contributed by atoms with Crippen molar-refractivity contribution in [3.8, 4) is 11.5 Å². The standard InChI is InChI=1S/C20H25FN4O2/c1-2-9-25-10-4-7-20(19(25)26)8-11-24(14-20)13-17-22-23-18(27-17)15-5-3-6-16(21)12-15/h3,5-6,12H,2,4,7-11,13-14H2,1H3/t20-/m0/s1. The van der Waals surface area contributed by atoms with Crippen molar-refractivity contribution < 1.29 is 13.6 Å². The van der Waals surface area contributed by atoms with Gasteiger partial charge in [0, 0.05) is 25.2 Å². The third-order valence-corrected chi connectivity index (χ3v) is 5.65. The monoisotopic (exact) mass is 372 g/mol. The van der Waals surface area contributed by atoms with Crippen molar-refractivity contribution in [2.75, 3.05) is 26.2 Å². The molecule has 6 nitrogen and oxygen atoms in total. The zero-order valence-corrected chi connectivity index (χ0v) is 15.7. The highest BCUT2D eigenvalue weighted by molar-refractivity contribution is 5.84. The van der Waals surface area contributed by atoms with E-state index in [1.165, 1.54) is 12.1 Å². The number of piperidine rings is 1. The molecule has 1 amide bonds. The average molecular weight is 372 g/mol. The highest BCUT2D eigenvalue weighted by atomic mass is 19.1. The number of likely N-dealkylation sites (tertiary alicyclic amines) is 2. The molecule has 1 aromatic heterocycles. The topological polar surface area (TPSA) is 62.5 Å². The minimum atomic E-state index is -0.332. The maximum Gasteiger partial charge on any atom is 0.247 e. The van der Waals surface area contributed by atoms with E-state index in [0.29, 0.717) is 29.8 Å². The Morgan fingerprint density at radius 3 is 2.96 bits per heavy atom. The second-order valence-corrected chi connectivity index (χ2v) is 7.65. The summed E-state index contributed by atoms with van der Waals surface area (Å²) in [5, 5.41) is 8.15. The summed E-state index contributed by atoms with van der Waals surface area (Å²) in [4.78, 5) is 17.2. The number of halogens is 1. The highest BCUT2D eigenvalue weighted by Crippen LogP contribution is 2.40. The van der Waals surface area contributed by atoms with Crippen LogP contribution in [-0.4, -0.2) is 52.1 Å². The Bertz CT molecular complexity index is 822. The Kier molecular flexibility index (Phi) is 4.95. The fourth-order valence-corrected chi connectivity index (χ4v) is 4.35. The molecule has 0 bridgehead atoms. The average Bonchev–Trinajstić information content (AvgIpc) is 3.28. The van der Waals surface area contributed by atoms with E-state index in [9.17, 15) is 9.18 Å². The molecule has 0 radical (unpaired) electrons. The van der Waals surface area contributed by atoms with E-state index in [1.807, 2.05) is 4.90 Å². The summed E-state index contributed by atoms with van der Waals surface area (Å²) >= 11 is 0. The predicted octanol–water partition coefficient (Wildman–Crippen LogP) is 3.10. The third kappa shape index (κ3) is 3.60. The van der Waals surface area contributed by atoms with Gasteiger partial charge in [-0.2, -0.15) is 0 Å². The Labute approximate surface area is 158 Å². The van der Waals surface area contributed by atoms with Crippen LogP contribution in [0.15, 0.2) is 28.7 Å². The molecule has 3 heterocycles. The van der Waals surface area contributed by atoms with E-state index >= 15 is 0 Å². The van der Waals surface area contributed by atoms with Gasteiger partial charge in [0.1, 0.15) is 5.82 Å². The number of carbonyl (C=O) groups excluding carboxylic acids is 1. The van der Waals surface area contributed by atoms with Gasteiger partial charge in [-0.25, -0.2) is 4.39 Å². The summed E-state index contributed by atoms with van der Waals surface area (Å²) in [6.07, 6.45) is 3.91. The maximum absolute atomic E-state index is 13.4. The molecule has 1 aromatic carbocycles. The largest absolute Gasteiger partial charge is 0.419 e. The van der Waals surface area contributed by atoms with Crippen LogP contribution in [0, 0.1) is 11.2 Å². The van der Waals surface area contributed by atoms with Crippen LogP contribution in [-0.2, 0) is 11.3 Å². The highest BCUT2D eigenvalue weighted by Gasteiger charge is 2.48. The van der Waals surface area contributed by atoms with Crippen molar-refractivity contribution in [2.45, 2.75) is 39.2 Å².